The average Bonchev–Trinajstić information content (AvgIpc) is 3.36. The Balaban J connectivity index is 1.91. The summed E-state index contributed by atoms with van der Waals surface area (Å²) in [6.45, 7) is 1.86. The molecule has 3 aromatic carbocycles. The Morgan fingerprint density at radius 2 is 1.50 bits per heavy atom. The largest absolute Gasteiger partial charge is 0.469 e. The van der Waals surface area contributed by atoms with Gasteiger partial charge in [-0.15, -0.1) is 0 Å². The summed E-state index contributed by atoms with van der Waals surface area (Å²) >= 11 is 0. The van der Waals surface area contributed by atoms with Crippen molar-refractivity contribution in [3.63, 3.8) is 0 Å². The molecule has 2 aliphatic heterocycles. The standard InChI is InChI=1S/C29H28N2O5/c1-4-36-27(33)24-23(26(32)35-3)29(21-17-11-12-18-22(21)30(2)28(29)34)25(19-13-7-5-8-14-19)31(24)20-15-9-6-10-16-20/h5-18,23-25H,4H2,1-3H3/t23-,24-,25+,29-/m0/s1. The Labute approximate surface area is 210 Å². The topological polar surface area (TPSA) is 76.2 Å². The van der Waals surface area contributed by atoms with Crippen LogP contribution in [0.5, 0.6) is 0 Å². The minimum atomic E-state index is -1.42. The predicted molar refractivity (Wildman–Crippen MR) is 136 cm³/mol. The maximum atomic E-state index is 14.4. The van der Waals surface area contributed by atoms with E-state index in [1.165, 1.54) is 7.11 Å². The highest BCUT2D eigenvalue weighted by molar-refractivity contribution is 6.13. The van der Waals surface area contributed by atoms with Crippen molar-refractivity contribution in [2.75, 3.05) is 30.6 Å². The lowest BCUT2D eigenvalue weighted by atomic mass is 9.65. The lowest BCUT2D eigenvalue weighted by Crippen LogP contribution is -2.51. The molecule has 3 aromatic rings. The van der Waals surface area contributed by atoms with Gasteiger partial charge in [-0.25, -0.2) is 4.79 Å². The number of nitrogens with zero attached hydrogens (tertiary/aromatic N) is 2. The van der Waals surface area contributed by atoms with Crippen LogP contribution in [0, 0.1) is 5.92 Å². The molecule has 1 amide bonds. The number of anilines is 2. The zero-order valence-corrected chi connectivity index (χ0v) is 20.5. The molecule has 0 N–H and O–H groups in total. The van der Waals surface area contributed by atoms with Gasteiger partial charge in [0.15, 0.2) is 0 Å². The molecule has 1 saturated heterocycles. The van der Waals surface area contributed by atoms with Crippen LogP contribution in [-0.2, 0) is 29.3 Å². The number of esters is 2. The van der Waals surface area contributed by atoms with E-state index in [-0.39, 0.29) is 12.5 Å². The Bertz CT molecular complexity index is 1300. The number of hydrogen-bond acceptors (Lipinski definition) is 6. The minimum Gasteiger partial charge on any atom is -0.469 e. The van der Waals surface area contributed by atoms with Gasteiger partial charge in [0.2, 0.25) is 5.91 Å². The van der Waals surface area contributed by atoms with Crippen LogP contribution in [0.3, 0.4) is 0 Å². The van der Waals surface area contributed by atoms with Crippen LogP contribution < -0.4 is 9.80 Å². The lowest BCUT2D eigenvalue weighted by Gasteiger charge is -2.37. The third kappa shape index (κ3) is 3.22. The van der Waals surface area contributed by atoms with Crippen LogP contribution in [0.25, 0.3) is 0 Å². The van der Waals surface area contributed by atoms with Crippen molar-refractivity contribution in [2.24, 2.45) is 5.92 Å². The Morgan fingerprint density at radius 1 is 0.889 bits per heavy atom. The molecule has 0 aliphatic carbocycles. The zero-order chi connectivity index (χ0) is 25.4. The fourth-order valence-electron chi connectivity index (χ4n) is 6.03. The van der Waals surface area contributed by atoms with Crippen LogP contribution in [0.2, 0.25) is 0 Å². The van der Waals surface area contributed by atoms with Gasteiger partial charge < -0.3 is 19.3 Å². The van der Waals surface area contributed by atoms with E-state index < -0.39 is 35.4 Å². The van der Waals surface area contributed by atoms with Gasteiger partial charge in [0, 0.05) is 18.4 Å². The molecule has 4 atom stereocenters. The number of amides is 1. The molecule has 0 bridgehead atoms. The van der Waals surface area contributed by atoms with E-state index in [9.17, 15) is 14.4 Å². The van der Waals surface area contributed by atoms with Crippen LogP contribution in [0.4, 0.5) is 11.4 Å². The minimum absolute atomic E-state index is 0.138. The Hall–Kier alpha value is -4.13. The summed E-state index contributed by atoms with van der Waals surface area (Å²) in [6.07, 6.45) is 0. The number of hydrogen-bond donors (Lipinski definition) is 0. The highest BCUT2D eigenvalue weighted by Crippen LogP contribution is 2.62. The number of para-hydroxylation sites is 2. The number of fused-ring (bicyclic) bond motifs is 2. The highest BCUT2D eigenvalue weighted by Gasteiger charge is 2.72. The number of benzene rings is 3. The maximum Gasteiger partial charge on any atom is 0.329 e. The first kappa shape index (κ1) is 23.6. The fraction of sp³-hybridized carbons (Fsp3) is 0.276. The molecular weight excluding hydrogens is 456 g/mol. The normalized spacial score (nSPS) is 24.6. The summed E-state index contributed by atoms with van der Waals surface area (Å²) in [5, 5.41) is 0. The molecule has 36 heavy (non-hydrogen) atoms. The van der Waals surface area contributed by atoms with Crippen molar-refractivity contribution in [1.82, 2.24) is 0 Å². The number of ether oxygens (including phenoxy) is 2. The van der Waals surface area contributed by atoms with E-state index in [1.54, 1.807) is 18.9 Å². The van der Waals surface area contributed by atoms with E-state index >= 15 is 0 Å². The molecule has 2 heterocycles. The van der Waals surface area contributed by atoms with Crippen LogP contribution in [0.1, 0.15) is 24.1 Å². The molecule has 0 aromatic heterocycles. The first-order valence-corrected chi connectivity index (χ1v) is 12.0. The van der Waals surface area contributed by atoms with Gasteiger partial charge in [0.25, 0.3) is 0 Å². The summed E-state index contributed by atoms with van der Waals surface area (Å²) in [7, 11) is 2.99. The molecule has 0 unspecified atom stereocenters. The van der Waals surface area contributed by atoms with E-state index in [1.807, 2.05) is 89.8 Å². The van der Waals surface area contributed by atoms with Gasteiger partial charge >= 0.3 is 11.9 Å². The number of carbonyl (C=O) groups is 3. The summed E-state index contributed by atoms with van der Waals surface area (Å²) in [5.41, 5.74) is 1.48. The Morgan fingerprint density at radius 3 is 2.14 bits per heavy atom. The monoisotopic (exact) mass is 484 g/mol. The SMILES string of the molecule is CCOC(=O)[C@@H]1[C@@H](C(=O)OC)[C@]2(C(=O)N(C)c3ccccc32)[C@@H](c2ccccc2)N1c1ccccc1. The van der Waals surface area contributed by atoms with Crippen molar-refractivity contribution in [1.29, 1.82) is 0 Å². The molecule has 1 fully saturated rings. The summed E-state index contributed by atoms with van der Waals surface area (Å²) in [4.78, 5) is 45.3. The van der Waals surface area contributed by atoms with Gasteiger partial charge in [-0.2, -0.15) is 0 Å². The molecule has 1 spiro atoms. The highest BCUT2D eigenvalue weighted by atomic mass is 16.5. The summed E-state index contributed by atoms with van der Waals surface area (Å²) in [5.74, 6) is -2.62. The molecule has 2 aliphatic rings. The number of methoxy groups -OCH3 is 1. The summed E-state index contributed by atoms with van der Waals surface area (Å²) in [6, 6.07) is 24.6. The first-order valence-electron chi connectivity index (χ1n) is 12.0. The zero-order valence-electron chi connectivity index (χ0n) is 20.5. The van der Waals surface area contributed by atoms with Crippen molar-refractivity contribution in [3.05, 3.63) is 96.1 Å². The van der Waals surface area contributed by atoms with Gasteiger partial charge in [-0.05, 0) is 36.2 Å². The second-order valence-electron chi connectivity index (χ2n) is 9.00. The molecular formula is C29H28N2O5. The average molecular weight is 485 g/mol. The maximum absolute atomic E-state index is 14.4. The smallest absolute Gasteiger partial charge is 0.329 e. The molecule has 7 nitrogen and oxygen atoms in total. The molecule has 7 heteroatoms. The van der Waals surface area contributed by atoms with Gasteiger partial charge in [-0.3, -0.25) is 9.59 Å². The van der Waals surface area contributed by atoms with E-state index in [0.717, 1.165) is 5.56 Å². The van der Waals surface area contributed by atoms with Gasteiger partial charge in [0.05, 0.1) is 19.8 Å². The van der Waals surface area contributed by atoms with E-state index in [0.29, 0.717) is 16.9 Å². The van der Waals surface area contributed by atoms with Crippen molar-refractivity contribution < 1.29 is 23.9 Å². The van der Waals surface area contributed by atoms with Crippen molar-refractivity contribution >= 4 is 29.2 Å². The molecule has 0 radical (unpaired) electrons. The predicted octanol–water partition coefficient (Wildman–Crippen LogP) is 3.88. The second kappa shape index (κ2) is 9.15. The van der Waals surface area contributed by atoms with Crippen LogP contribution >= 0.6 is 0 Å². The third-order valence-electron chi connectivity index (χ3n) is 7.34. The quantitative estimate of drug-likeness (QED) is 0.512. The summed E-state index contributed by atoms with van der Waals surface area (Å²) < 4.78 is 10.8. The van der Waals surface area contributed by atoms with E-state index in [4.69, 9.17) is 9.47 Å². The Kier molecular flexibility index (Phi) is 6.00. The van der Waals surface area contributed by atoms with Gasteiger partial charge in [-0.1, -0.05) is 66.7 Å². The van der Waals surface area contributed by atoms with Crippen LogP contribution in [0.15, 0.2) is 84.9 Å². The number of rotatable bonds is 5. The molecule has 5 rings (SSSR count). The lowest BCUT2D eigenvalue weighted by molar-refractivity contribution is -0.156. The third-order valence-corrected chi connectivity index (χ3v) is 7.34. The van der Waals surface area contributed by atoms with Crippen molar-refractivity contribution in [2.45, 2.75) is 24.4 Å². The van der Waals surface area contributed by atoms with Gasteiger partial charge in [0.1, 0.15) is 17.4 Å². The molecule has 184 valence electrons. The second-order valence-corrected chi connectivity index (χ2v) is 9.00. The molecule has 0 saturated carbocycles. The number of carbonyl (C=O) groups excluding carboxylic acids is 3. The first-order chi connectivity index (χ1) is 17.5. The van der Waals surface area contributed by atoms with E-state index in [2.05, 4.69) is 0 Å². The number of likely N-dealkylation sites (N-methyl/N-ethyl adjacent to an activating group) is 1. The van der Waals surface area contributed by atoms with Crippen molar-refractivity contribution in [3.8, 4) is 0 Å². The fourth-order valence-corrected chi connectivity index (χ4v) is 6.03. The van der Waals surface area contributed by atoms with Crippen LogP contribution in [-0.4, -0.2) is 44.7 Å².